The molecule has 6 N–H and O–H groups in total. The van der Waals surface area contributed by atoms with Crippen LogP contribution in [-0.4, -0.2) is 65.7 Å². The molecule has 7 heteroatoms. The fraction of sp³-hybridized carbons (Fsp3) is 0.778. The van der Waals surface area contributed by atoms with Crippen molar-refractivity contribution in [2.75, 3.05) is 13.2 Å². The van der Waals surface area contributed by atoms with E-state index in [1.165, 1.54) is 0 Å². The van der Waals surface area contributed by atoms with Crippen LogP contribution in [0.3, 0.4) is 0 Å². The van der Waals surface area contributed by atoms with Crippen LogP contribution < -0.4 is 0 Å². The summed E-state index contributed by atoms with van der Waals surface area (Å²) in [4.78, 5) is 33.8. The number of carbonyl (C=O) groups excluding carboxylic acids is 4. The van der Waals surface area contributed by atoms with Gasteiger partial charge in [0, 0.05) is 62.6 Å². The molecule has 0 amide bonds. The molecule has 0 aliphatic heterocycles. The summed E-state index contributed by atoms with van der Waals surface area (Å²) in [5, 5.41) is 16.1. The van der Waals surface area contributed by atoms with Gasteiger partial charge in [-0.15, -0.1) is 0 Å². The number of aliphatic hydroxyl groups is 2. The van der Waals surface area contributed by atoms with Crippen molar-refractivity contribution in [3.63, 3.8) is 0 Å². The van der Waals surface area contributed by atoms with Crippen LogP contribution in [0.1, 0.15) is 80.1 Å². The van der Waals surface area contributed by atoms with E-state index in [1.54, 1.807) is 27.7 Å². The maximum atomic E-state index is 8.46. The van der Waals surface area contributed by atoms with Gasteiger partial charge in [0.25, 0.3) is 0 Å². The molecule has 0 heterocycles. The third-order valence-corrected chi connectivity index (χ3v) is 2.05. The minimum absolute atomic E-state index is 0. The first-order chi connectivity index (χ1) is 11.1. The molecule has 0 unspecified atom stereocenters. The second-order valence-corrected chi connectivity index (χ2v) is 5.45. The third-order valence-electron chi connectivity index (χ3n) is 2.05. The molecular weight excluding hydrogens is 360 g/mol. The van der Waals surface area contributed by atoms with Gasteiger partial charge in [-0.3, -0.25) is 19.2 Å². The van der Waals surface area contributed by atoms with Gasteiger partial charge in [-0.1, -0.05) is 26.7 Å². The number of hydrogen-bond donors (Lipinski definition) is 2. The fourth-order valence-electron chi connectivity index (χ4n) is 1.06. The summed E-state index contributed by atoms with van der Waals surface area (Å²) in [6.07, 6.45) is 4.69. The molecule has 0 bridgehead atoms. The summed E-state index contributed by atoms with van der Waals surface area (Å²) >= 11 is 0. The van der Waals surface area contributed by atoms with E-state index in [4.69, 9.17) is 29.4 Å². The molecule has 0 aromatic heterocycles. The van der Waals surface area contributed by atoms with Crippen LogP contribution in [0.2, 0.25) is 0 Å². The summed E-state index contributed by atoms with van der Waals surface area (Å²) in [5.74, 6) is 1.00. The first-order valence-corrected chi connectivity index (χ1v) is 8.36. The summed E-state index contributed by atoms with van der Waals surface area (Å²) < 4.78 is 0. The second-order valence-electron chi connectivity index (χ2n) is 5.45. The Morgan fingerprint density at radius 2 is 0.800 bits per heavy atom. The maximum Gasteiger partial charge on any atom is 0.302 e. The van der Waals surface area contributed by atoms with Gasteiger partial charge < -0.3 is 10.2 Å². The Morgan fingerprint density at radius 1 is 0.600 bits per heavy atom. The van der Waals surface area contributed by atoms with Crippen molar-refractivity contribution in [2.24, 2.45) is 0 Å². The summed E-state index contributed by atoms with van der Waals surface area (Å²) in [7, 11) is 0. The number of unbranched alkanes of at least 4 members (excludes halogenated alkanes) is 2. The Hall–Kier alpha value is -0.686. The van der Waals surface area contributed by atoms with E-state index in [0.29, 0.717) is 26.1 Å². The quantitative estimate of drug-likeness (QED) is 0.369. The standard InChI is InChI=1S/2C5H8O2.2C4H10O.Ti/c2*1-4(6)3-5(2)7;2*1-2-3-4-5;/h2*3H2,1-2H3;2*5H,2-4H2,1H3;/p+4. The van der Waals surface area contributed by atoms with E-state index in [1.807, 2.05) is 0 Å². The van der Waals surface area contributed by atoms with Gasteiger partial charge in [0.05, 0.1) is 0 Å². The first-order valence-electron chi connectivity index (χ1n) is 8.36. The molecule has 0 rings (SSSR count). The Bertz CT molecular complexity index is 270. The van der Waals surface area contributed by atoms with Crippen LogP contribution in [0, 0.1) is 0 Å². The monoisotopic (exact) mass is 400 g/mol. The molecule has 0 aliphatic rings. The van der Waals surface area contributed by atoms with Gasteiger partial charge in [-0.05, 0) is 12.8 Å². The predicted molar refractivity (Wildman–Crippen MR) is 104 cm³/mol. The SMILES string of the molecule is CC(=[OH+])CC(C)=[OH+].CC(=[OH+])CC(C)=[OH+].CCCCO.CCCCO.[Ti]. The average molecular weight is 400 g/mol. The Labute approximate surface area is 167 Å². The van der Waals surface area contributed by atoms with Crippen LogP contribution in [0.25, 0.3) is 0 Å². The zero-order valence-electron chi connectivity index (χ0n) is 16.8. The van der Waals surface area contributed by atoms with Gasteiger partial charge in [0.15, 0.2) is 12.8 Å². The van der Waals surface area contributed by atoms with Gasteiger partial charge in [0.1, 0.15) is 0 Å². The van der Waals surface area contributed by atoms with E-state index in [9.17, 15) is 0 Å². The van der Waals surface area contributed by atoms with Crippen molar-refractivity contribution >= 4 is 23.1 Å². The van der Waals surface area contributed by atoms with Crippen molar-refractivity contribution in [2.45, 2.75) is 80.1 Å². The molecule has 0 aromatic carbocycles. The van der Waals surface area contributed by atoms with E-state index < -0.39 is 0 Å². The van der Waals surface area contributed by atoms with Crippen molar-refractivity contribution in [1.29, 1.82) is 0 Å². The molecule has 6 nitrogen and oxygen atoms in total. The largest absolute Gasteiger partial charge is 0.396 e. The molecule has 0 atom stereocenters. The topological polar surface area (TPSA) is 126 Å². The summed E-state index contributed by atoms with van der Waals surface area (Å²) in [6.45, 7) is 11.0. The Kier molecular flexibility index (Phi) is 44.1. The molecule has 0 saturated heterocycles. The molecule has 25 heavy (non-hydrogen) atoms. The third kappa shape index (κ3) is 82.7. The van der Waals surface area contributed by atoms with E-state index in [0.717, 1.165) is 25.7 Å². The number of aliphatic hydroxyl groups excluding tert-OH is 2. The average Bonchev–Trinajstić information content (AvgIpc) is 2.39. The molecule has 0 radical (unpaired) electrons. The predicted octanol–water partition coefficient (Wildman–Crippen LogP) is 2.57. The second kappa shape index (κ2) is 31.1. The van der Waals surface area contributed by atoms with Crippen LogP contribution >= 0.6 is 0 Å². The van der Waals surface area contributed by atoms with Gasteiger partial charge in [-0.2, -0.15) is 0 Å². The molecule has 0 spiro atoms. The van der Waals surface area contributed by atoms with Crippen LogP contribution in [0.5, 0.6) is 0 Å². The van der Waals surface area contributed by atoms with Gasteiger partial charge in [-0.25, -0.2) is 0 Å². The number of hydrogen-bond acceptors (Lipinski definition) is 2. The van der Waals surface area contributed by atoms with E-state index in [2.05, 4.69) is 13.8 Å². The normalized spacial score (nSPS) is 8.00. The van der Waals surface area contributed by atoms with Crippen molar-refractivity contribution < 1.29 is 51.1 Å². The first kappa shape index (κ1) is 35.4. The van der Waals surface area contributed by atoms with Crippen molar-refractivity contribution in [3.8, 4) is 0 Å². The maximum absolute atomic E-state index is 8.46. The van der Waals surface area contributed by atoms with Crippen LogP contribution in [0.15, 0.2) is 0 Å². The van der Waals surface area contributed by atoms with Crippen molar-refractivity contribution in [1.82, 2.24) is 0 Å². The molecule has 0 saturated carbocycles. The number of rotatable bonds is 8. The smallest absolute Gasteiger partial charge is 0.302 e. The molecule has 0 fully saturated rings. The summed E-state index contributed by atoms with van der Waals surface area (Å²) in [6, 6.07) is 0. The van der Waals surface area contributed by atoms with Crippen LogP contribution in [0.4, 0.5) is 0 Å². The molecule has 148 valence electrons. The molecule has 0 aliphatic carbocycles. The molecule has 0 aromatic rings. The molecular formula is C18H40O6Ti+4. The van der Waals surface area contributed by atoms with Gasteiger partial charge in [0.2, 0.25) is 0 Å². The fourth-order valence-corrected chi connectivity index (χ4v) is 1.06. The number of ketones is 4. The summed E-state index contributed by atoms with van der Waals surface area (Å²) in [5.41, 5.74) is 0. The zero-order chi connectivity index (χ0) is 20.0. The minimum atomic E-state index is 0. The van der Waals surface area contributed by atoms with Crippen molar-refractivity contribution in [3.05, 3.63) is 0 Å². The van der Waals surface area contributed by atoms with Crippen LogP contribution in [-0.2, 0) is 21.7 Å². The van der Waals surface area contributed by atoms with E-state index >= 15 is 0 Å². The Balaban J connectivity index is -0.0000000711. The van der Waals surface area contributed by atoms with Gasteiger partial charge >= 0.3 is 23.1 Å². The Morgan fingerprint density at radius 3 is 0.800 bits per heavy atom. The van der Waals surface area contributed by atoms with E-state index in [-0.39, 0.29) is 44.9 Å². The zero-order valence-corrected chi connectivity index (χ0v) is 18.4. The minimum Gasteiger partial charge on any atom is -0.396 e.